The third-order valence-corrected chi connectivity index (χ3v) is 5.61. The zero-order valence-electron chi connectivity index (χ0n) is 18.4. The molecule has 0 fully saturated rings. The van der Waals surface area contributed by atoms with Crippen molar-refractivity contribution in [1.82, 2.24) is 0 Å². The Labute approximate surface area is 190 Å². The molecule has 2 aromatic heterocycles. The van der Waals surface area contributed by atoms with Gasteiger partial charge in [-0.15, -0.1) is 0 Å². The Balaban J connectivity index is 1.79. The van der Waals surface area contributed by atoms with Crippen molar-refractivity contribution in [2.45, 2.75) is 20.3 Å². The van der Waals surface area contributed by atoms with Gasteiger partial charge >= 0.3 is 5.63 Å². The van der Waals surface area contributed by atoms with Gasteiger partial charge in [0, 0.05) is 22.6 Å². The monoisotopic (exact) mass is 438 g/mol. The van der Waals surface area contributed by atoms with Crippen LogP contribution < -0.4 is 10.4 Å². The van der Waals surface area contributed by atoms with E-state index in [1.807, 2.05) is 62.4 Å². The van der Waals surface area contributed by atoms with E-state index in [0.29, 0.717) is 40.0 Å². The van der Waals surface area contributed by atoms with Gasteiger partial charge in [0.05, 0.1) is 12.0 Å². The number of hydrogen-bond acceptors (Lipinski definition) is 5. The number of ketones is 1. The molecule has 0 aliphatic carbocycles. The third kappa shape index (κ3) is 3.72. The summed E-state index contributed by atoms with van der Waals surface area (Å²) in [5, 5.41) is 1.41. The van der Waals surface area contributed by atoms with Crippen molar-refractivity contribution in [2.24, 2.45) is 0 Å². The Kier molecular flexibility index (Phi) is 5.31. The summed E-state index contributed by atoms with van der Waals surface area (Å²) in [6.45, 7) is 4.46. The minimum absolute atomic E-state index is 0.195. The molecule has 0 saturated carbocycles. The summed E-state index contributed by atoms with van der Waals surface area (Å²) in [4.78, 5) is 25.9. The number of carbonyl (C=O) groups excluding carboxylic acids is 1. The SMILES string of the molecule is CCCOc1cccc(C(=O)c2oc3ccc4c(C)cc(=O)oc4c3c2-c2ccccc2)c1. The first kappa shape index (κ1) is 20.8. The van der Waals surface area contributed by atoms with Crippen molar-refractivity contribution in [1.29, 1.82) is 0 Å². The third-order valence-electron chi connectivity index (χ3n) is 5.61. The first-order valence-electron chi connectivity index (χ1n) is 10.9. The zero-order chi connectivity index (χ0) is 22.9. The number of aryl methyl sites for hydroxylation is 1. The maximum atomic E-state index is 13.7. The second-order valence-electron chi connectivity index (χ2n) is 7.94. The van der Waals surface area contributed by atoms with Crippen molar-refractivity contribution < 1.29 is 18.4 Å². The zero-order valence-corrected chi connectivity index (χ0v) is 18.4. The van der Waals surface area contributed by atoms with Crippen LogP contribution in [-0.2, 0) is 0 Å². The summed E-state index contributed by atoms with van der Waals surface area (Å²) in [6.07, 6.45) is 0.873. The van der Waals surface area contributed by atoms with Crippen LogP contribution in [0.3, 0.4) is 0 Å². The number of fused-ring (bicyclic) bond motifs is 3. The molecule has 0 amide bonds. The largest absolute Gasteiger partial charge is 0.494 e. The van der Waals surface area contributed by atoms with Gasteiger partial charge in [-0.05, 0) is 48.7 Å². The second kappa shape index (κ2) is 8.43. The normalized spacial score (nSPS) is 11.2. The number of benzene rings is 3. The topological polar surface area (TPSA) is 69.7 Å². The maximum Gasteiger partial charge on any atom is 0.336 e. The van der Waals surface area contributed by atoms with Gasteiger partial charge in [-0.2, -0.15) is 0 Å². The number of rotatable bonds is 6. The van der Waals surface area contributed by atoms with Crippen LogP contribution in [0.15, 0.2) is 86.4 Å². The highest BCUT2D eigenvalue weighted by atomic mass is 16.5. The molecule has 164 valence electrons. The molecule has 5 heteroatoms. The lowest BCUT2D eigenvalue weighted by molar-refractivity contribution is 0.101. The summed E-state index contributed by atoms with van der Waals surface area (Å²) >= 11 is 0. The molecule has 33 heavy (non-hydrogen) atoms. The highest BCUT2D eigenvalue weighted by molar-refractivity contribution is 6.20. The number of ether oxygens (including phenoxy) is 1. The first-order chi connectivity index (χ1) is 16.1. The van der Waals surface area contributed by atoms with Crippen LogP contribution in [0.2, 0.25) is 0 Å². The van der Waals surface area contributed by atoms with E-state index in [1.54, 1.807) is 18.2 Å². The molecule has 2 heterocycles. The molecule has 0 N–H and O–H groups in total. The summed E-state index contributed by atoms with van der Waals surface area (Å²) in [7, 11) is 0. The molecule has 5 aromatic rings. The van der Waals surface area contributed by atoms with Crippen LogP contribution in [-0.4, -0.2) is 12.4 Å². The summed E-state index contributed by atoms with van der Waals surface area (Å²) in [6, 6.07) is 21.7. The van der Waals surface area contributed by atoms with E-state index >= 15 is 0 Å². The fourth-order valence-corrected chi connectivity index (χ4v) is 4.08. The smallest absolute Gasteiger partial charge is 0.336 e. The molecule has 5 rings (SSSR count). The Bertz CT molecular complexity index is 1540. The molecular formula is C28H22O5. The second-order valence-corrected chi connectivity index (χ2v) is 7.94. The standard InChI is InChI=1S/C28H22O5/c1-3-14-31-20-11-7-10-19(16-20)26(30)28-24(18-8-5-4-6-9-18)25-22(32-28)13-12-21-17(2)15-23(29)33-27(21)25/h4-13,15-16H,3,14H2,1-2H3. The number of hydrogen-bond donors (Lipinski definition) is 0. The quantitative estimate of drug-likeness (QED) is 0.223. The average Bonchev–Trinajstić information content (AvgIpc) is 3.23. The summed E-state index contributed by atoms with van der Waals surface area (Å²) < 4.78 is 17.5. The van der Waals surface area contributed by atoms with Gasteiger partial charge in [-0.1, -0.05) is 49.4 Å². The van der Waals surface area contributed by atoms with Crippen molar-refractivity contribution in [3.63, 3.8) is 0 Å². The maximum absolute atomic E-state index is 13.7. The highest BCUT2D eigenvalue weighted by Gasteiger charge is 2.26. The Morgan fingerprint density at radius 3 is 2.55 bits per heavy atom. The van der Waals surface area contributed by atoms with Crippen LogP contribution >= 0.6 is 0 Å². The Morgan fingerprint density at radius 2 is 1.76 bits per heavy atom. The van der Waals surface area contributed by atoms with Crippen molar-refractivity contribution in [3.05, 3.63) is 100 Å². The fourth-order valence-electron chi connectivity index (χ4n) is 4.08. The van der Waals surface area contributed by atoms with Crippen LogP contribution in [0.4, 0.5) is 0 Å². The molecule has 0 saturated heterocycles. The van der Waals surface area contributed by atoms with Gasteiger partial charge in [-0.25, -0.2) is 4.79 Å². The Hall–Kier alpha value is -4.12. The molecule has 0 spiro atoms. The van der Waals surface area contributed by atoms with Crippen LogP contribution in [0.5, 0.6) is 5.75 Å². The predicted octanol–water partition coefficient (Wildman–Crippen LogP) is 6.53. The van der Waals surface area contributed by atoms with Crippen LogP contribution in [0.1, 0.15) is 35.0 Å². The lowest BCUT2D eigenvalue weighted by Gasteiger charge is -2.07. The minimum atomic E-state index is -0.443. The molecule has 0 aliphatic rings. The van der Waals surface area contributed by atoms with Crippen LogP contribution in [0.25, 0.3) is 33.1 Å². The molecule has 0 atom stereocenters. The predicted molar refractivity (Wildman–Crippen MR) is 128 cm³/mol. The number of furan rings is 1. The lowest BCUT2D eigenvalue weighted by Crippen LogP contribution is -2.03. The van der Waals surface area contributed by atoms with E-state index in [2.05, 4.69) is 0 Å². The van der Waals surface area contributed by atoms with Gasteiger partial charge in [0.1, 0.15) is 16.9 Å². The molecule has 0 aliphatic heterocycles. The summed E-state index contributed by atoms with van der Waals surface area (Å²) in [5.74, 6) is 0.558. The molecule has 0 radical (unpaired) electrons. The molecule has 3 aromatic carbocycles. The molecular weight excluding hydrogens is 416 g/mol. The first-order valence-corrected chi connectivity index (χ1v) is 10.9. The van der Waals surface area contributed by atoms with Crippen molar-refractivity contribution in [2.75, 3.05) is 6.61 Å². The van der Waals surface area contributed by atoms with Crippen LogP contribution in [0, 0.1) is 6.92 Å². The van der Waals surface area contributed by atoms with Crippen molar-refractivity contribution in [3.8, 4) is 16.9 Å². The molecule has 0 bridgehead atoms. The van der Waals surface area contributed by atoms with E-state index in [0.717, 1.165) is 22.9 Å². The van der Waals surface area contributed by atoms with Gasteiger partial charge < -0.3 is 13.6 Å². The van der Waals surface area contributed by atoms with Gasteiger partial charge in [0.2, 0.25) is 5.78 Å². The number of carbonyl (C=O) groups is 1. The van der Waals surface area contributed by atoms with Gasteiger partial charge in [0.25, 0.3) is 0 Å². The van der Waals surface area contributed by atoms with E-state index in [9.17, 15) is 9.59 Å². The van der Waals surface area contributed by atoms with E-state index in [4.69, 9.17) is 13.6 Å². The van der Waals surface area contributed by atoms with Crippen molar-refractivity contribution >= 4 is 27.7 Å². The van der Waals surface area contributed by atoms with E-state index in [1.165, 1.54) is 6.07 Å². The molecule has 0 unspecified atom stereocenters. The average molecular weight is 438 g/mol. The fraction of sp³-hybridized carbons (Fsp3) is 0.143. The Morgan fingerprint density at radius 1 is 0.939 bits per heavy atom. The van der Waals surface area contributed by atoms with Gasteiger partial charge in [-0.3, -0.25) is 4.79 Å². The summed E-state index contributed by atoms with van der Waals surface area (Å²) in [5.41, 5.74) is 3.13. The van der Waals surface area contributed by atoms with E-state index in [-0.39, 0.29) is 11.5 Å². The minimum Gasteiger partial charge on any atom is -0.494 e. The molecule has 5 nitrogen and oxygen atoms in total. The lowest BCUT2D eigenvalue weighted by atomic mass is 9.96. The van der Waals surface area contributed by atoms with Gasteiger partial charge in [0.15, 0.2) is 5.76 Å². The highest BCUT2D eigenvalue weighted by Crippen LogP contribution is 2.40. The van der Waals surface area contributed by atoms with E-state index < -0.39 is 5.63 Å².